The minimum atomic E-state index is -0.932. The zero-order chi connectivity index (χ0) is 13.0. The van der Waals surface area contributed by atoms with Gasteiger partial charge in [-0.15, -0.1) is 0 Å². The van der Waals surface area contributed by atoms with Crippen LogP contribution >= 0.6 is 0 Å². The van der Waals surface area contributed by atoms with E-state index >= 15 is 0 Å². The molecule has 0 saturated heterocycles. The predicted molar refractivity (Wildman–Crippen MR) is 63.4 cm³/mol. The second kappa shape index (κ2) is 5.34. The first-order valence-corrected chi connectivity index (χ1v) is 5.17. The number of carbonyl (C=O) groups is 2. The van der Waals surface area contributed by atoms with Crippen LogP contribution in [-0.2, 0) is 16.0 Å². The van der Waals surface area contributed by atoms with E-state index in [1.165, 1.54) is 0 Å². The van der Waals surface area contributed by atoms with E-state index in [-0.39, 0.29) is 13.0 Å². The maximum absolute atomic E-state index is 10.6. The van der Waals surface area contributed by atoms with E-state index in [1.54, 1.807) is 12.1 Å². The molecule has 3 N–H and O–H groups in total. The molecule has 5 heteroatoms. The molecule has 0 amide bonds. The van der Waals surface area contributed by atoms with Crippen molar-refractivity contribution in [3.8, 4) is 0 Å². The zero-order valence-corrected chi connectivity index (χ0v) is 9.78. The van der Waals surface area contributed by atoms with Crippen LogP contribution < -0.4 is 5.32 Å². The second-order valence-corrected chi connectivity index (χ2v) is 3.92. The molecule has 0 unspecified atom stereocenters. The topological polar surface area (TPSA) is 86.6 Å². The normalized spacial score (nSPS) is 10.0. The third-order valence-electron chi connectivity index (χ3n) is 2.36. The number of rotatable bonds is 5. The third-order valence-corrected chi connectivity index (χ3v) is 2.36. The fourth-order valence-electron chi connectivity index (χ4n) is 1.77. The summed E-state index contributed by atoms with van der Waals surface area (Å²) in [5.74, 6) is -1.81. The molecular weight excluding hydrogens is 222 g/mol. The highest BCUT2D eigenvalue weighted by Gasteiger charge is 2.08. The SMILES string of the molecule is Cc1cc(CC(=O)O)cc(C)c1NCC(=O)O. The van der Waals surface area contributed by atoms with Crippen molar-refractivity contribution in [1.82, 2.24) is 0 Å². The first kappa shape index (κ1) is 13.0. The highest BCUT2D eigenvalue weighted by atomic mass is 16.4. The molecule has 17 heavy (non-hydrogen) atoms. The summed E-state index contributed by atoms with van der Waals surface area (Å²) in [5, 5.41) is 20.1. The first-order valence-electron chi connectivity index (χ1n) is 5.17. The molecule has 0 aromatic heterocycles. The molecule has 5 nitrogen and oxygen atoms in total. The van der Waals surface area contributed by atoms with E-state index in [4.69, 9.17) is 10.2 Å². The van der Waals surface area contributed by atoms with Gasteiger partial charge < -0.3 is 15.5 Å². The van der Waals surface area contributed by atoms with Crippen LogP contribution in [0.3, 0.4) is 0 Å². The maximum atomic E-state index is 10.6. The summed E-state index contributed by atoms with van der Waals surface area (Å²) >= 11 is 0. The van der Waals surface area contributed by atoms with Crippen molar-refractivity contribution in [2.75, 3.05) is 11.9 Å². The van der Waals surface area contributed by atoms with Crippen LogP contribution in [0.2, 0.25) is 0 Å². The van der Waals surface area contributed by atoms with Gasteiger partial charge in [0.2, 0.25) is 0 Å². The van der Waals surface area contributed by atoms with Crippen molar-refractivity contribution in [3.05, 3.63) is 28.8 Å². The lowest BCUT2D eigenvalue weighted by Crippen LogP contribution is -2.14. The summed E-state index contributed by atoms with van der Waals surface area (Å²) in [4.78, 5) is 21.1. The lowest BCUT2D eigenvalue weighted by atomic mass is 10.0. The monoisotopic (exact) mass is 237 g/mol. The Kier molecular flexibility index (Phi) is 4.09. The molecule has 0 saturated carbocycles. The zero-order valence-electron chi connectivity index (χ0n) is 9.78. The fourth-order valence-corrected chi connectivity index (χ4v) is 1.77. The van der Waals surface area contributed by atoms with Crippen molar-refractivity contribution in [2.45, 2.75) is 20.3 Å². The Balaban J connectivity index is 2.93. The number of hydrogen-bond acceptors (Lipinski definition) is 3. The number of carboxylic acid groups (broad SMARTS) is 2. The molecule has 0 spiro atoms. The number of benzene rings is 1. The van der Waals surface area contributed by atoms with E-state index in [0.29, 0.717) is 5.56 Å². The number of nitrogens with one attached hydrogen (secondary N) is 1. The van der Waals surface area contributed by atoms with E-state index in [2.05, 4.69) is 5.32 Å². The van der Waals surface area contributed by atoms with Gasteiger partial charge in [0.15, 0.2) is 0 Å². The van der Waals surface area contributed by atoms with Gasteiger partial charge in [-0.25, -0.2) is 0 Å². The number of anilines is 1. The van der Waals surface area contributed by atoms with Gasteiger partial charge in [-0.05, 0) is 30.5 Å². The van der Waals surface area contributed by atoms with E-state index in [1.807, 2.05) is 13.8 Å². The minimum absolute atomic E-state index is 0.0269. The summed E-state index contributed by atoms with van der Waals surface area (Å²) in [6, 6.07) is 3.51. The molecule has 0 radical (unpaired) electrons. The second-order valence-electron chi connectivity index (χ2n) is 3.92. The average molecular weight is 237 g/mol. The van der Waals surface area contributed by atoms with Crippen LogP contribution in [0.4, 0.5) is 5.69 Å². The first-order chi connectivity index (χ1) is 7.90. The molecule has 92 valence electrons. The molecule has 0 atom stereocenters. The Morgan fingerprint density at radius 1 is 1.12 bits per heavy atom. The van der Waals surface area contributed by atoms with Gasteiger partial charge in [0, 0.05) is 5.69 Å². The van der Waals surface area contributed by atoms with Gasteiger partial charge in [0.05, 0.1) is 6.42 Å². The highest BCUT2D eigenvalue weighted by molar-refractivity contribution is 5.75. The van der Waals surface area contributed by atoms with Crippen LogP contribution in [0.5, 0.6) is 0 Å². The third kappa shape index (κ3) is 3.79. The number of aliphatic carboxylic acids is 2. The van der Waals surface area contributed by atoms with Crippen LogP contribution in [-0.4, -0.2) is 28.7 Å². The molecule has 0 bridgehead atoms. The van der Waals surface area contributed by atoms with Crippen molar-refractivity contribution in [2.24, 2.45) is 0 Å². The standard InChI is InChI=1S/C12H15NO4/c1-7-3-9(5-10(14)15)4-8(2)12(7)13-6-11(16)17/h3-4,13H,5-6H2,1-2H3,(H,14,15)(H,16,17). The fraction of sp³-hybridized carbons (Fsp3) is 0.333. The van der Waals surface area contributed by atoms with Gasteiger partial charge >= 0.3 is 11.9 Å². The van der Waals surface area contributed by atoms with Crippen molar-refractivity contribution in [1.29, 1.82) is 0 Å². The van der Waals surface area contributed by atoms with Crippen LogP contribution in [0.15, 0.2) is 12.1 Å². The lowest BCUT2D eigenvalue weighted by molar-refractivity contribution is -0.136. The van der Waals surface area contributed by atoms with Crippen LogP contribution in [0.25, 0.3) is 0 Å². The summed E-state index contributed by atoms with van der Waals surface area (Å²) in [7, 11) is 0. The van der Waals surface area contributed by atoms with E-state index in [9.17, 15) is 9.59 Å². The Bertz CT molecular complexity index is 431. The van der Waals surface area contributed by atoms with Gasteiger partial charge in [-0.3, -0.25) is 9.59 Å². The quantitative estimate of drug-likeness (QED) is 0.721. The predicted octanol–water partition coefficient (Wildman–Crippen LogP) is 1.43. The molecule has 1 aromatic carbocycles. The van der Waals surface area contributed by atoms with Gasteiger partial charge in [0.25, 0.3) is 0 Å². The minimum Gasteiger partial charge on any atom is -0.481 e. The van der Waals surface area contributed by atoms with Crippen LogP contribution in [0, 0.1) is 13.8 Å². The molecular formula is C12H15NO4. The molecule has 1 rings (SSSR count). The van der Waals surface area contributed by atoms with Crippen molar-refractivity contribution >= 4 is 17.6 Å². The number of aryl methyl sites for hydroxylation is 2. The largest absolute Gasteiger partial charge is 0.481 e. The van der Waals surface area contributed by atoms with Crippen LogP contribution in [0.1, 0.15) is 16.7 Å². The number of carboxylic acids is 2. The van der Waals surface area contributed by atoms with Crippen molar-refractivity contribution in [3.63, 3.8) is 0 Å². The molecule has 0 aliphatic carbocycles. The summed E-state index contributed by atoms with van der Waals surface area (Å²) in [6.07, 6.45) is -0.0269. The Morgan fingerprint density at radius 2 is 1.65 bits per heavy atom. The Labute approximate surface area is 99.1 Å². The van der Waals surface area contributed by atoms with Crippen molar-refractivity contribution < 1.29 is 19.8 Å². The Hall–Kier alpha value is -2.04. The summed E-state index contributed by atoms with van der Waals surface area (Å²) in [6.45, 7) is 3.49. The average Bonchev–Trinajstić information content (AvgIpc) is 2.14. The molecule has 0 fully saturated rings. The maximum Gasteiger partial charge on any atom is 0.322 e. The molecule has 1 aromatic rings. The van der Waals surface area contributed by atoms with E-state index < -0.39 is 11.9 Å². The highest BCUT2D eigenvalue weighted by Crippen LogP contribution is 2.22. The summed E-state index contributed by atoms with van der Waals surface area (Å²) in [5.41, 5.74) is 3.17. The smallest absolute Gasteiger partial charge is 0.322 e. The lowest BCUT2D eigenvalue weighted by Gasteiger charge is -2.12. The molecule has 0 aliphatic heterocycles. The van der Waals surface area contributed by atoms with Gasteiger partial charge in [-0.2, -0.15) is 0 Å². The van der Waals surface area contributed by atoms with E-state index in [0.717, 1.165) is 16.8 Å². The van der Waals surface area contributed by atoms with Gasteiger partial charge in [0.1, 0.15) is 6.54 Å². The summed E-state index contributed by atoms with van der Waals surface area (Å²) < 4.78 is 0. The number of hydrogen-bond donors (Lipinski definition) is 3. The van der Waals surface area contributed by atoms with Gasteiger partial charge in [-0.1, -0.05) is 12.1 Å². The molecule has 0 heterocycles. The molecule has 0 aliphatic rings. The Morgan fingerprint density at radius 3 is 2.06 bits per heavy atom.